The van der Waals surface area contributed by atoms with Gasteiger partial charge in [-0.3, -0.25) is 0 Å². The monoisotopic (exact) mass is 178 g/mol. The van der Waals surface area contributed by atoms with E-state index in [9.17, 15) is 0 Å². The third kappa shape index (κ3) is 5.46. The number of rotatable bonds is 1. The van der Waals surface area contributed by atoms with Gasteiger partial charge in [0.2, 0.25) is 0 Å². The molecule has 0 saturated heterocycles. The highest BCUT2D eigenvalue weighted by Crippen LogP contribution is 2.14. The first-order chi connectivity index (χ1) is 6.11. The predicted molar refractivity (Wildman–Crippen MR) is 61.2 cm³/mol. The zero-order valence-electron chi connectivity index (χ0n) is 9.59. The van der Waals surface area contributed by atoms with E-state index in [1.165, 1.54) is 17.5 Å². The molecule has 13 heavy (non-hydrogen) atoms. The van der Waals surface area contributed by atoms with E-state index in [-0.39, 0.29) is 0 Å². The second-order valence-electron chi connectivity index (χ2n) is 3.78. The minimum absolute atomic E-state index is 0.653. The van der Waals surface area contributed by atoms with Crippen LogP contribution in [0.15, 0.2) is 24.3 Å². The summed E-state index contributed by atoms with van der Waals surface area (Å²) < 4.78 is 0. The molecule has 1 aromatic rings. The zero-order chi connectivity index (χ0) is 10.3. The topological polar surface area (TPSA) is 0 Å². The summed E-state index contributed by atoms with van der Waals surface area (Å²) in [4.78, 5) is 0. The first kappa shape index (κ1) is 12.2. The fourth-order valence-electron chi connectivity index (χ4n) is 1.03. The minimum Gasteiger partial charge on any atom is -0.0656 e. The highest BCUT2D eigenvalue weighted by Gasteiger charge is 1.96. The van der Waals surface area contributed by atoms with Crippen molar-refractivity contribution in [2.45, 2.75) is 47.0 Å². The van der Waals surface area contributed by atoms with Gasteiger partial charge in [-0.25, -0.2) is 0 Å². The number of aryl methyl sites for hydroxylation is 1. The molecule has 0 heteroatoms. The van der Waals surface area contributed by atoms with Crippen LogP contribution in [-0.4, -0.2) is 0 Å². The molecule has 0 nitrogen and oxygen atoms in total. The van der Waals surface area contributed by atoms with Crippen molar-refractivity contribution >= 4 is 0 Å². The standard InChI is InChI=1S/C10H14.C3H8/c1-8(2)10-6-4-5-9(3)7-10;1-3-2/h4-8H,1-3H3;3H2,1-2H3. The number of hydrogen-bond donors (Lipinski definition) is 0. The average molecular weight is 178 g/mol. The zero-order valence-corrected chi connectivity index (χ0v) is 9.59. The molecule has 0 unspecified atom stereocenters. The maximum absolute atomic E-state index is 2.24. The van der Waals surface area contributed by atoms with Gasteiger partial charge >= 0.3 is 0 Å². The van der Waals surface area contributed by atoms with Gasteiger partial charge < -0.3 is 0 Å². The van der Waals surface area contributed by atoms with E-state index < -0.39 is 0 Å². The summed E-state index contributed by atoms with van der Waals surface area (Å²) in [6.45, 7) is 10.8. The summed E-state index contributed by atoms with van der Waals surface area (Å²) in [7, 11) is 0. The van der Waals surface area contributed by atoms with Crippen LogP contribution in [0, 0.1) is 6.92 Å². The van der Waals surface area contributed by atoms with Gasteiger partial charge in [0, 0.05) is 0 Å². The van der Waals surface area contributed by atoms with Crippen molar-refractivity contribution < 1.29 is 0 Å². The smallest absolute Gasteiger partial charge is 0.0219 e. The van der Waals surface area contributed by atoms with Gasteiger partial charge in [0.05, 0.1) is 0 Å². The van der Waals surface area contributed by atoms with Crippen molar-refractivity contribution in [1.82, 2.24) is 0 Å². The minimum atomic E-state index is 0.653. The molecule has 1 aromatic carbocycles. The molecular formula is C13H22. The van der Waals surface area contributed by atoms with Crippen LogP contribution in [0.2, 0.25) is 0 Å². The summed E-state index contributed by atoms with van der Waals surface area (Å²) in [6, 6.07) is 8.67. The lowest BCUT2D eigenvalue weighted by molar-refractivity contribution is 0.865. The van der Waals surface area contributed by atoms with Crippen LogP contribution >= 0.6 is 0 Å². The predicted octanol–water partition coefficient (Wildman–Crippen LogP) is 4.53. The lowest BCUT2D eigenvalue weighted by atomic mass is 10.0. The molecule has 0 aliphatic carbocycles. The van der Waals surface area contributed by atoms with Gasteiger partial charge in [-0.1, -0.05) is 63.9 Å². The fraction of sp³-hybridized carbons (Fsp3) is 0.538. The van der Waals surface area contributed by atoms with Gasteiger partial charge in [-0.05, 0) is 18.4 Å². The van der Waals surface area contributed by atoms with Crippen LogP contribution in [0.3, 0.4) is 0 Å². The Hall–Kier alpha value is -0.780. The number of benzene rings is 1. The third-order valence-corrected chi connectivity index (χ3v) is 1.71. The van der Waals surface area contributed by atoms with Crippen LogP contribution in [0.25, 0.3) is 0 Å². The molecule has 0 heterocycles. The first-order valence-corrected chi connectivity index (χ1v) is 5.18. The Morgan fingerprint density at radius 2 is 1.69 bits per heavy atom. The van der Waals surface area contributed by atoms with E-state index in [2.05, 4.69) is 58.9 Å². The van der Waals surface area contributed by atoms with Gasteiger partial charge in [-0.2, -0.15) is 0 Å². The van der Waals surface area contributed by atoms with E-state index in [0.717, 1.165) is 0 Å². The molecule has 0 spiro atoms. The Kier molecular flexibility index (Phi) is 6.30. The normalized spacial score (nSPS) is 9.38. The summed E-state index contributed by atoms with van der Waals surface area (Å²) >= 11 is 0. The van der Waals surface area contributed by atoms with E-state index >= 15 is 0 Å². The first-order valence-electron chi connectivity index (χ1n) is 5.18. The molecule has 0 N–H and O–H groups in total. The van der Waals surface area contributed by atoms with Crippen molar-refractivity contribution in [2.75, 3.05) is 0 Å². The van der Waals surface area contributed by atoms with Crippen LogP contribution < -0.4 is 0 Å². The van der Waals surface area contributed by atoms with Crippen LogP contribution in [0.1, 0.15) is 51.2 Å². The molecule has 0 saturated carbocycles. The van der Waals surface area contributed by atoms with Crippen LogP contribution in [0.4, 0.5) is 0 Å². The Balaban J connectivity index is 0.000000424. The Labute approximate surface area is 83.0 Å². The molecule has 0 amide bonds. The van der Waals surface area contributed by atoms with Crippen molar-refractivity contribution in [3.8, 4) is 0 Å². The van der Waals surface area contributed by atoms with E-state index in [4.69, 9.17) is 0 Å². The lowest BCUT2D eigenvalue weighted by Crippen LogP contribution is -1.86. The molecular weight excluding hydrogens is 156 g/mol. The van der Waals surface area contributed by atoms with Gasteiger partial charge in [0.25, 0.3) is 0 Å². The van der Waals surface area contributed by atoms with E-state index in [1.807, 2.05) is 0 Å². The lowest BCUT2D eigenvalue weighted by Gasteiger charge is -2.04. The van der Waals surface area contributed by atoms with E-state index in [1.54, 1.807) is 0 Å². The molecule has 1 rings (SSSR count). The average Bonchev–Trinajstić information content (AvgIpc) is 2.05. The quantitative estimate of drug-likeness (QED) is 0.592. The van der Waals surface area contributed by atoms with Crippen molar-refractivity contribution in [3.05, 3.63) is 35.4 Å². The molecule has 0 bridgehead atoms. The van der Waals surface area contributed by atoms with Crippen LogP contribution in [-0.2, 0) is 0 Å². The highest BCUT2D eigenvalue weighted by molar-refractivity contribution is 5.24. The third-order valence-electron chi connectivity index (χ3n) is 1.71. The fourth-order valence-corrected chi connectivity index (χ4v) is 1.03. The molecule has 0 aliphatic rings. The van der Waals surface area contributed by atoms with Crippen LogP contribution in [0.5, 0.6) is 0 Å². The molecule has 0 aromatic heterocycles. The second-order valence-corrected chi connectivity index (χ2v) is 3.78. The Morgan fingerprint density at radius 3 is 2.00 bits per heavy atom. The summed E-state index contributed by atoms with van der Waals surface area (Å²) in [5.41, 5.74) is 2.78. The van der Waals surface area contributed by atoms with Gasteiger partial charge in [-0.15, -0.1) is 0 Å². The van der Waals surface area contributed by atoms with Gasteiger partial charge in [0.1, 0.15) is 0 Å². The summed E-state index contributed by atoms with van der Waals surface area (Å²) in [5, 5.41) is 0. The molecule has 0 aliphatic heterocycles. The maximum atomic E-state index is 2.24. The SMILES string of the molecule is CCC.Cc1cccc(C(C)C)c1. The summed E-state index contributed by atoms with van der Waals surface area (Å²) in [5.74, 6) is 0.653. The van der Waals surface area contributed by atoms with Crippen molar-refractivity contribution in [2.24, 2.45) is 0 Å². The molecule has 0 atom stereocenters. The molecule has 0 radical (unpaired) electrons. The van der Waals surface area contributed by atoms with E-state index in [0.29, 0.717) is 5.92 Å². The number of hydrogen-bond acceptors (Lipinski definition) is 0. The second kappa shape index (κ2) is 6.71. The van der Waals surface area contributed by atoms with Crippen molar-refractivity contribution in [3.63, 3.8) is 0 Å². The van der Waals surface area contributed by atoms with Gasteiger partial charge in [0.15, 0.2) is 0 Å². The molecule has 74 valence electrons. The molecule has 0 fully saturated rings. The van der Waals surface area contributed by atoms with Crippen molar-refractivity contribution in [1.29, 1.82) is 0 Å². The largest absolute Gasteiger partial charge is 0.0656 e. The Bertz CT molecular complexity index is 223. The maximum Gasteiger partial charge on any atom is -0.0219 e. The highest BCUT2D eigenvalue weighted by atomic mass is 14.0. The summed E-state index contributed by atoms with van der Waals surface area (Å²) in [6.07, 6.45) is 1.25. The Morgan fingerprint density at radius 1 is 1.15 bits per heavy atom.